The van der Waals surface area contributed by atoms with Gasteiger partial charge in [-0.25, -0.2) is 8.42 Å². The van der Waals surface area contributed by atoms with E-state index in [4.69, 9.17) is 11.6 Å². The molecule has 0 saturated heterocycles. The quantitative estimate of drug-likeness (QED) is 0.636. The zero-order chi connectivity index (χ0) is 7.78. The molecule has 2 nitrogen and oxygen atoms in total. The Morgan fingerprint density at radius 1 is 1.80 bits per heavy atom. The van der Waals surface area contributed by atoms with E-state index in [1.807, 2.05) is 6.26 Å². The van der Waals surface area contributed by atoms with Crippen LogP contribution in [-0.2, 0) is 9.84 Å². The molecule has 1 unspecified atom stereocenters. The smallest absolute Gasteiger partial charge is 0.174 e. The van der Waals surface area contributed by atoms with E-state index in [1.54, 1.807) is 0 Å². The second kappa shape index (κ2) is 2.75. The minimum absolute atomic E-state index is 0.0355. The molecular formula is C5H7ClO2S2. The van der Waals surface area contributed by atoms with Crippen molar-refractivity contribution >= 4 is 33.2 Å². The van der Waals surface area contributed by atoms with E-state index >= 15 is 0 Å². The molecule has 1 aliphatic heterocycles. The summed E-state index contributed by atoms with van der Waals surface area (Å²) in [4.78, 5) is 0. The minimum atomic E-state index is -2.97. The Labute approximate surface area is 69.6 Å². The van der Waals surface area contributed by atoms with Gasteiger partial charge in [0, 0.05) is 10.4 Å². The van der Waals surface area contributed by atoms with E-state index in [9.17, 15) is 8.42 Å². The van der Waals surface area contributed by atoms with E-state index in [2.05, 4.69) is 0 Å². The zero-order valence-corrected chi connectivity index (χ0v) is 7.76. The van der Waals surface area contributed by atoms with Gasteiger partial charge >= 0.3 is 0 Å². The first-order chi connectivity index (χ1) is 4.55. The maximum Gasteiger partial charge on any atom is 0.174 e. The lowest BCUT2D eigenvalue weighted by molar-refractivity contribution is 0.606. The fraction of sp³-hybridized carbons (Fsp3) is 0.600. The standard InChI is InChI=1S/C5H7ClO2S2/c1-9-5-3-10(7,8)2-4(5)6/h2,5H,3H2,1H3. The summed E-state index contributed by atoms with van der Waals surface area (Å²) in [6.45, 7) is 0. The summed E-state index contributed by atoms with van der Waals surface area (Å²) in [7, 11) is -2.97. The molecule has 0 aromatic heterocycles. The highest BCUT2D eigenvalue weighted by atomic mass is 35.5. The number of thioether (sulfide) groups is 1. The van der Waals surface area contributed by atoms with Crippen molar-refractivity contribution < 1.29 is 8.42 Å². The number of hydrogen-bond acceptors (Lipinski definition) is 3. The van der Waals surface area contributed by atoms with Crippen molar-refractivity contribution in [1.82, 2.24) is 0 Å². The Morgan fingerprint density at radius 2 is 2.40 bits per heavy atom. The topological polar surface area (TPSA) is 34.1 Å². The average molecular weight is 199 g/mol. The van der Waals surface area contributed by atoms with Crippen LogP contribution in [0.5, 0.6) is 0 Å². The summed E-state index contributed by atoms with van der Waals surface area (Å²) in [6.07, 6.45) is 1.85. The zero-order valence-electron chi connectivity index (χ0n) is 5.37. The molecule has 0 aliphatic carbocycles. The molecule has 0 aromatic carbocycles. The number of sulfone groups is 1. The second-order valence-corrected chi connectivity index (χ2v) is 5.43. The van der Waals surface area contributed by atoms with Crippen LogP contribution < -0.4 is 0 Å². The fourth-order valence-corrected chi connectivity index (χ4v) is 4.31. The molecule has 1 rings (SSSR count). The molecule has 0 fully saturated rings. The predicted octanol–water partition coefficient (Wildman–Crippen LogP) is 1.23. The van der Waals surface area contributed by atoms with Crippen LogP contribution in [0.3, 0.4) is 0 Å². The lowest BCUT2D eigenvalue weighted by atomic mass is 10.5. The van der Waals surface area contributed by atoms with Crippen LogP contribution >= 0.6 is 23.4 Å². The molecule has 10 heavy (non-hydrogen) atoms. The van der Waals surface area contributed by atoms with E-state index in [0.717, 1.165) is 5.41 Å². The summed E-state index contributed by atoms with van der Waals surface area (Å²) >= 11 is 7.09. The highest BCUT2D eigenvalue weighted by Gasteiger charge is 2.27. The first-order valence-electron chi connectivity index (χ1n) is 2.68. The lowest BCUT2D eigenvalue weighted by Gasteiger charge is -2.01. The maximum atomic E-state index is 10.8. The van der Waals surface area contributed by atoms with E-state index in [1.165, 1.54) is 11.8 Å². The molecule has 5 heteroatoms. The highest BCUT2D eigenvalue weighted by Crippen LogP contribution is 2.28. The molecule has 1 atom stereocenters. The van der Waals surface area contributed by atoms with Crippen LogP contribution in [0.2, 0.25) is 0 Å². The summed E-state index contributed by atoms with van der Waals surface area (Å²) in [6, 6.07) is 0. The van der Waals surface area contributed by atoms with Crippen molar-refractivity contribution in [2.75, 3.05) is 12.0 Å². The largest absolute Gasteiger partial charge is 0.224 e. The van der Waals surface area contributed by atoms with Crippen molar-refractivity contribution in [3.05, 3.63) is 10.4 Å². The molecular weight excluding hydrogens is 192 g/mol. The van der Waals surface area contributed by atoms with Gasteiger partial charge in [0.05, 0.1) is 11.0 Å². The lowest BCUT2D eigenvalue weighted by Crippen LogP contribution is -2.07. The van der Waals surface area contributed by atoms with Gasteiger partial charge in [-0.15, -0.1) is 0 Å². The monoisotopic (exact) mass is 198 g/mol. The predicted molar refractivity (Wildman–Crippen MR) is 45.0 cm³/mol. The molecule has 0 spiro atoms. The number of rotatable bonds is 1. The van der Waals surface area contributed by atoms with Gasteiger partial charge in [-0.3, -0.25) is 0 Å². The Balaban J connectivity index is 2.89. The molecule has 1 heterocycles. The second-order valence-electron chi connectivity index (χ2n) is 2.06. The molecule has 1 aliphatic rings. The van der Waals surface area contributed by atoms with Crippen LogP contribution in [0.25, 0.3) is 0 Å². The van der Waals surface area contributed by atoms with Crippen molar-refractivity contribution in [2.24, 2.45) is 0 Å². The van der Waals surface area contributed by atoms with E-state index in [0.29, 0.717) is 5.03 Å². The van der Waals surface area contributed by atoms with Crippen LogP contribution in [0, 0.1) is 0 Å². The maximum absolute atomic E-state index is 10.8. The summed E-state index contributed by atoms with van der Waals surface area (Å²) in [5, 5.41) is 1.56. The van der Waals surface area contributed by atoms with Gasteiger partial charge in [-0.2, -0.15) is 11.8 Å². The van der Waals surface area contributed by atoms with Gasteiger partial charge in [0.2, 0.25) is 0 Å². The Hall–Kier alpha value is 0.330. The minimum Gasteiger partial charge on any atom is -0.224 e. The molecule has 0 radical (unpaired) electrons. The van der Waals surface area contributed by atoms with E-state index in [-0.39, 0.29) is 11.0 Å². The van der Waals surface area contributed by atoms with Crippen LogP contribution in [0.4, 0.5) is 0 Å². The van der Waals surface area contributed by atoms with Gasteiger partial charge < -0.3 is 0 Å². The molecule has 0 saturated carbocycles. The number of halogens is 1. The van der Waals surface area contributed by atoms with Crippen molar-refractivity contribution in [2.45, 2.75) is 5.25 Å². The summed E-state index contributed by atoms with van der Waals surface area (Å²) in [5.74, 6) is 0.160. The van der Waals surface area contributed by atoms with Gasteiger partial charge in [-0.1, -0.05) is 11.6 Å². The fourth-order valence-electron chi connectivity index (χ4n) is 0.767. The first-order valence-corrected chi connectivity index (χ1v) is 6.06. The first kappa shape index (κ1) is 8.43. The third kappa shape index (κ3) is 1.68. The van der Waals surface area contributed by atoms with Crippen molar-refractivity contribution in [1.29, 1.82) is 0 Å². The average Bonchev–Trinajstić information content (AvgIpc) is 2.05. The molecule has 0 bridgehead atoms. The van der Waals surface area contributed by atoms with Crippen LogP contribution in [0.1, 0.15) is 0 Å². The van der Waals surface area contributed by atoms with Crippen molar-refractivity contribution in [3.63, 3.8) is 0 Å². The van der Waals surface area contributed by atoms with Gasteiger partial charge in [0.25, 0.3) is 0 Å². The summed E-state index contributed by atoms with van der Waals surface area (Å²) in [5.41, 5.74) is 0. The molecule has 58 valence electrons. The Kier molecular flexibility index (Phi) is 2.32. The molecule has 0 aromatic rings. The van der Waals surface area contributed by atoms with Crippen LogP contribution in [0.15, 0.2) is 10.4 Å². The summed E-state index contributed by atoms with van der Waals surface area (Å²) < 4.78 is 21.7. The molecule has 0 amide bonds. The van der Waals surface area contributed by atoms with Gasteiger partial charge in [-0.05, 0) is 6.26 Å². The third-order valence-electron chi connectivity index (χ3n) is 1.27. The van der Waals surface area contributed by atoms with E-state index < -0.39 is 9.84 Å². The van der Waals surface area contributed by atoms with Crippen molar-refractivity contribution in [3.8, 4) is 0 Å². The SMILES string of the molecule is CSC1CS(=O)(=O)C=C1Cl. The van der Waals surface area contributed by atoms with Gasteiger partial charge in [0.1, 0.15) is 0 Å². The number of hydrogen-bond donors (Lipinski definition) is 0. The normalized spacial score (nSPS) is 30.2. The Morgan fingerprint density at radius 3 is 2.60 bits per heavy atom. The molecule has 0 N–H and O–H groups in total. The van der Waals surface area contributed by atoms with Gasteiger partial charge in [0.15, 0.2) is 9.84 Å². The Bertz CT molecular complexity index is 255. The van der Waals surface area contributed by atoms with Crippen LogP contribution in [-0.4, -0.2) is 25.7 Å². The highest BCUT2D eigenvalue weighted by molar-refractivity contribution is 8.02. The third-order valence-corrected chi connectivity index (χ3v) is 4.51.